The smallest absolute Gasteiger partial charge is 0.191 e. The predicted molar refractivity (Wildman–Crippen MR) is 117 cm³/mol. The minimum Gasteiger partial charge on any atom is -0.396 e. The molecular formula is C21H35BrN4O. The molecule has 1 unspecified atom stereocenters. The van der Waals surface area contributed by atoms with Crippen LogP contribution in [0.3, 0.4) is 0 Å². The van der Waals surface area contributed by atoms with Gasteiger partial charge in [-0.05, 0) is 43.9 Å². The lowest BCUT2D eigenvalue weighted by Gasteiger charge is -2.33. The average Bonchev–Trinajstić information content (AvgIpc) is 2.69. The van der Waals surface area contributed by atoms with Crippen molar-refractivity contribution in [2.45, 2.75) is 52.6 Å². The van der Waals surface area contributed by atoms with E-state index in [1.54, 1.807) is 0 Å². The van der Waals surface area contributed by atoms with Crippen molar-refractivity contribution in [2.75, 3.05) is 32.8 Å². The van der Waals surface area contributed by atoms with Crippen molar-refractivity contribution < 1.29 is 5.11 Å². The molecule has 1 heterocycles. The Labute approximate surface area is 172 Å². The van der Waals surface area contributed by atoms with E-state index in [1.807, 2.05) is 0 Å². The molecule has 1 fully saturated rings. The van der Waals surface area contributed by atoms with Gasteiger partial charge in [-0.15, -0.1) is 0 Å². The van der Waals surface area contributed by atoms with Crippen LogP contribution in [-0.2, 0) is 6.54 Å². The van der Waals surface area contributed by atoms with E-state index in [2.05, 4.69) is 76.5 Å². The van der Waals surface area contributed by atoms with E-state index >= 15 is 0 Å². The highest BCUT2D eigenvalue weighted by Gasteiger charge is 2.22. The van der Waals surface area contributed by atoms with Crippen molar-refractivity contribution in [3.63, 3.8) is 0 Å². The van der Waals surface area contributed by atoms with Crippen LogP contribution in [0.4, 0.5) is 0 Å². The summed E-state index contributed by atoms with van der Waals surface area (Å²) in [6, 6.07) is 9.05. The standard InChI is InChI=1S/C21H35BrN4O/c1-4-21(3,16-27)15-24-20(23-5-2)25-19-10-12-26(13-11-19)14-17-6-8-18(22)9-7-17/h6-9,19,27H,4-5,10-16H2,1-3H3,(H2,23,24,25). The van der Waals surface area contributed by atoms with Crippen LogP contribution < -0.4 is 10.6 Å². The van der Waals surface area contributed by atoms with E-state index in [4.69, 9.17) is 4.99 Å². The number of aliphatic hydroxyl groups is 1. The summed E-state index contributed by atoms with van der Waals surface area (Å²) in [6.45, 7) is 11.1. The Bertz CT molecular complexity index is 578. The SMILES string of the molecule is CCNC(=NCC(C)(CC)CO)NC1CCN(Cc2ccc(Br)cc2)CC1. The number of likely N-dealkylation sites (tertiary alicyclic amines) is 1. The van der Waals surface area contributed by atoms with E-state index in [0.717, 1.165) is 55.9 Å². The van der Waals surface area contributed by atoms with Crippen LogP contribution in [-0.4, -0.2) is 54.8 Å². The number of benzene rings is 1. The van der Waals surface area contributed by atoms with E-state index in [1.165, 1.54) is 5.56 Å². The molecule has 3 N–H and O–H groups in total. The number of guanidine groups is 1. The van der Waals surface area contributed by atoms with Crippen molar-refractivity contribution in [1.29, 1.82) is 0 Å². The summed E-state index contributed by atoms with van der Waals surface area (Å²) in [5.41, 5.74) is 1.22. The first kappa shape index (κ1) is 22.2. The van der Waals surface area contributed by atoms with Gasteiger partial charge in [0.1, 0.15) is 0 Å². The lowest BCUT2D eigenvalue weighted by Crippen LogP contribution is -2.48. The molecular weight excluding hydrogens is 404 g/mol. The molecule has 0 bridgehead atoms. The topological polar surface area (TPSA) is 59.9 Å². The molecule has 0 aliphatic carbocycles. The van der Waals surface area contributed by atoms with Crippen molar-refractivity contribution in [3.05, 3.63) is 34.3 Å². The molecule has 0 amide bonds. The zero-order valence-electron chi connectivity index (χ0n) is 17.0. The van der Waals surface area contributed by atoms with E-state index in [9.17, 15) is 5.11 Å². The van der Waals surface area contributed by atoms with Crippen LogP contribution in [0.15, 0.2) is 33.7 Å². The van der Waals surface area contributed by atoms with Crippen molar-refractivity contribution in [2.24, 2.45) is 10.4 Å². The van der Waals surface area contributed by atoms with Gasteiger partial charge in [0.2, 0.25) is 0 Å². The van der Waals surface area contributed by atoms with Crippen LogP contribution in [0.2, 0.25) is 0 Å². The van der Waals surface area contributed by atoms with Gasteiger partial charge in [-0.3, -0.25) is 9.89 Å². The Balaban J connectivity index is 1.83. The molecule has 1 atom stereocenters. The van der Waals surface area contributed by atoms with Crippen LogP contribution in [0.1, 0.15) is 45.6 Å². The number of aliphatic hydroxyl groups excluding tert-OH is 1. The van der Waals surface area contributed by atoms with Gasteiger partial charge in [-0.1, -0.05) is 41.9 Å². The van der Waals surface area contributed by atoms with Crippen molar-refractivity contribution in [1.82, 2.24) is 15.5 Å². The minimum atomic E-state index is -0.142. The third-order valence-corrected chi connectivity index (χ3v) is 5.97. The first-order chi connectivity index (χ1) is 13.0. The molecule has 0 saturated carbocycles. The minimum absolute atomic E-state index is 0.142. The maximum Gasteiger partial charge on any atom is 0.191 e. The van der Waals surface area contributed by atoms with Gasteiger partial charge in [0, 0.05) is 42.1 Å². The number of hydrogen-bond donors (Lipinski definition) is 3. The van der Waals surface area contributed by atoms with Gasteiger partial charge in [0.05, 0.1) is 13.2 Å². The fourth-order valence-electron chi connectivity index (χ4n) is 3.14. The number of hydrogen-bond acceptors (Lipinski definition) is 3. The van der Waals surface area contributed by atoms with Gasteiger partial charge in [0.15, 0.2) is 5.96 Å². The summed E-state index contributed by atoms with van der Waals surface area (Å²) in [4.78, 5) is 7.25. The first-order valence-electron chi connectivity index (χ1n) is 10.1. The number of piperidine rings is 1. The molecule has 152 valence electrons. The number of nitrogens with zero attached hydrogens (tertiary/aromatic N) is 2. The molecule has 6 heteroatoms. The Morgan fingerprint density at radius 1 is 1.26 bits per heavy atom. The lowest BCUT2D eigenvalue weighted by atomic mass is 9.89. The maximum atomic E-state index is 9.60. The quantitative estimate of drug-likeness (QED) is 0.430. The number of nitrogens with one attached hydrogen (secondary N) is 2. The Morgan fingerprint density at radius 3 is 2.48 bits per heavy atom. The zero-order chi connectivity index (χ0) is 19.7. The predicted octanol–water partition coefficient (Wildman–Crippen LogP) is 3.38. The first-order valence-corrected chi connectivity index (χ1v) is 10.9. The molecule has 2 rings (SSSR count). The van der Waals surface area contributed by atoms with E-state index in [0.29, 0.717) is 12.6 Å². The second-order valence-electron chi connectivity index (χ2n) is 7.84. The Kier molecular flexibility index (Phi) is 9.06. The van der Waals surface area contributed by atoms with Gasteiger partial charge < -0.3 is 15.7 Å². The summed E-state index contributed by atoms with van der Waals surface area (Å²) in [7, 11) is 0. The van der Waals surface area contributed by atoms with E-state index < -0.39 is 0 Å². The normalized spacial score (nSPS) is 18.9. The van der Waals surface area contributed by atoms with Crippen LogP contribution in [0, 0.1) is 5.41 Å². The van der Waals surface area contributed by atoms with Crippen LogP contribution in [0.25, 0.3) is 0 Å². The summed E-state index contributed by atoms with van der Waals surface area (Å²) in [5.74, 6) is 0.872. The summed E-state index contributed by atoms with van der Waals surface area (Å²) < 4.78 is 1.13. The molecule has 1 aromatic carbocycles. The Morgan fingerprint density at radius 2 is 1.93 bits per heavy atom. The average molecular weight is 439 g/mol. The van der Waals surface area contributed by atoms with Gasteiger partial charge in [-0.25, -0.2) is 0 Å². The largest absolute Gasteiger partial charge is 0.396 e. The molecule has 27 heavy (non-hydrogen) atoms. The van der Waals surface area contributed by atoms with Crippen LogP contribution >= 0.6 is 15.9 Å². The number of rotatable bonds is 8. The number of halogens is 1. The highest BCUT2D eigenvalue weighted by molar-refractivity contribution is 9.10. The molecule has 0 aromatic heterocycles. The molecule has 0 radical (unpaired) electrons. The molecule has 1 aliphatic rings. The summed E-state index contributed by atoms with van der Waals surface area (Å²) in [6.07, 6.45) is 3.15. The van der Waals surface area contributed by atoms with Crippen molar-refractivity contribution >= 4 is 21.9 Å². The monoisotopic (exact) mass is 438 g/mol. The summed E-state index contributed by atoms with van der Waals surface area (Å²) >= 11 is 3.50. The lowest BCUT2D eigenvalue weighted by molar-refractivity contribution is 0.145. The van der Waals surface area contributed by atoms with Gasteiger partial charge in [0.25, 0.3) is 0 Å². The molecule has 0 spiro atoms. The van der Waals surface area contributed by atoms with Crippen LogP contribution in [0.5, 0.6) is 0 Å². The second-order valence-corrected chi connectivity index (χ2v) is 8.75. The number of aliphatic imine (C=N–C) groups is 1. The molecule has 1 aliphatic heterocycles. The fourth-order valence-corrected chi connectivity index (χ4v) is 3.40. The highest BCUT2D eigenvalue weighted by Crippen LogP contribution is 2.20. The van der Waals surface area contributed by atoms with Gasteiger partial charge in [-0.2, -0.15) is 0 Å². The summed E-state index contributed by atoms with van der Waals surface area (Å²) in [5, 5.41) is 16.5. The Hall–Kier alpha value is -1.11. The zero-order valence-corrected chi connectivity index (χ0v) is 18.6. The third kappa shape index (κ3) is 7.43. The second kappa shape index (κ2) is 11.0. The molecule has 1 saturated heterocycles. The van der Waals surface area contributed by atoms with Crippen molar-refractivity contribution in [3.8, 4) is 0 Å². The highest BCUT2D eigenvalue weighted by atomic mass is 79.9. The fraction of sp³-hybridized carbons (Fsp3) is 0.667. The maximum absolute atomic E-state index is 9.60. The third-order valence-electron chi connectivity index (χ3n) is 5.45. The van der Waals surface area contributed by atoms with Gasteiger partial charge >= 0.3 is 0 Å². The molecule has 5 nitrogen and oxygen atoms in total. The van der Waals surface area contributed by atoms with E-state index in [-0.39, 0.29) is 12.0 Å². The molecule has 1 aromatic rings.